The van der Waals surface area contributed by atoms with Crippen LogP contribution in [0.4, 0.5) is 0 Å². The minimum atomic E-state index is -0.105. The molecule has 1 amide bonds. The Morgan fingerprint density at radius 2 is 1.92 bits per heavy atom. The van der Waals surface area contributed by atoms with Crippen molar-refractivity contribution in [1.82, 2.24) is 19.8 Å². The van der Waals surface area contributed by atoms with Crippen LogP contribution in [0.1, 0.15) is 37.7 Å². The third-order valence-corrected chi connectivity index (χ3v) is 5.18. The molecule has 2 N–H and O–H groups in total. The Kier molecular flexibility index (Phi) is 5.94. The first-order valence-corrected chi connectivity index (χ1v) is 9.74. The van der Waals surface area contributed by atoms with Gasteiger partial charge >= 0.3 is 0 Å². The van der Waals surface area contributed by atoms with Gasteiger partial charge in [0, 0.05) is 37.6 Å². The predicted molar refractivity (Wildman–Crippen MR) is 107 cm³/mol. The van der Waals surface area contributed by atoms with Crippen molar-refractivity contribution in [2.75, 3.05) is 19.6 Å². The number of hydrogen-bond donors (Lipinski definition) is 2. The average Bonchev–Trinajstić information content (AvgIpc) is 2.96. The van der Waals surface area contributed by atoms with Crippen LogP contribution in [0, 0.1) is 16.6 Å². The standard InChI is InChI=1S/C20H28N4OS/c1-14-9-15(2)12-23(11-14)13-16(3)22-19(25)18-10-21-20(26)24(18)17-7-5-4-6-8-17/h4-8,10,14-16H,9,11-13H2,1-3H3,(H,21,26)(H,22,25). The maximum atomic E-state index is 12.8. The maximum Gasteiger partial charge on any atom is 0.270 e. The Hall–Kier alpha value is -1.92. The molecule has 0 spiro atoms. The van der Waals surface area contributed by atoms with Gasteiger partial charge in [0.15, 0.2) is 4.77 Å². The van der Waals surface area contributed by atoms with Crippen molar-refractivity contribution in [2.24, 2.45) is 11.8 Å². The molecule has 3 unspecified atom stereocenters. The third-order valence-electron chi connectivity index (χ3n) is 4.88. The predicted octanol–water partition coefficient (Wildman–Crippen LogP) is 3.63. The van der Waals surface area contributed by atoms with Gasteiger partial charge in [0.1, 0.15) is 5.69 Å². The van der Waals surface area contributed by atoms with Crippen LogP contribution in [0.2, 0.25) is 0 Å². The molecule has 1 aromatic carbocycles. The molecular weight excluding hydrogens is 344 g/mol. The topological polar surface area (TPSA) is 53.1 Å². The summed E-state index contributed by atoms with van der Waals surface area (Å²) in [4.78, 5) is 18.3. The van der Waals surface area contributed by atoms with Crippen LogP contribution in [0.25, 0.3) is 5.69 Å². The molecule has 0 bridgehead atoms. The number of hydrogen-bond acceptors (Lipinski definition) is 3. The number of benzene rings is 1. The molecule has 1 aromatic heterocycles. The maximum absolute atomic E-state index is 12.8. The summed E-state index contributed by atoms with van der Waals surface area (Å²) < 4.78 is 2.30. The number of H-pyrrole nitrogens is 1. The average molecular weight is 373 g/mol. The lowest BCUT2D eigenvalue weighted by Crippen LogP contribution is -2.47. The number of piperidine rings is 1. The second-order valence-corrected chi connectivity index (χ2v) is 8.08. The SMILES string of the molecule is CC1CC(C)CN(CC(C)NC(=O)c2c[nH]c(=S)n2-c2ccccc2)C1. The number of aromatic nitrogens is 2. The number of imidazole rings is 1. The summed E-state index contributed by atoms with van der Waals surface area (Å²) in [5.74, 6) is 1.33. The van der Waals surface area contributed by atoms with Gasteiger partial charge in [-0.05, 0) is 49.5 Å². The van der Waals surface area contributed by atoms with Crippen LogP contribution < -0.4 is 5.32 Å². The molecule has 0 saturated carbocycles. The lowest BCUT2D eigenvalue weighted by molar-refractivity contribution is 0.0898. The zero-order chi connectivity index (χ0) is 18.7. The van der Waals surface area contributed by atoms with E-state index in [-0.39, 0.29) is 11.9 Å². The molecule has 0 aliphatic carbocycles. The highest BCUT2D eigenvalue weighted by Gasteiger charge is 2.24. The largest absolute Gasteiger partial charge is 0.347 e. The van der Waals surface area contributed by atoms with Crippen LogP contribution >= 0.6 is 12.2 Å². The van der Waals surface area contributed by atoms with E-state index < -0.39 is 0 Å². The molecule has 1 aliphatic heterocycles. The van der Waals surface area contributed by atoms with E-state index in [1.54, 1.807) is 10.8 Å². The number of aromatic amines is 1. The summed E-state index contributed by atoms with van der Waals surface area (Å²) in [6.45, 7) is 9.76. The highest BCUT2D eigenvalue weighted by molar-refractivity contribution is 7.71. The van der Waals surface area contributed by atoms with Crippen molar-refractivity contribution in [3.8, 4) is 5.69 Å². The lowest BCUT2D eigenvalue weighted by Gasteiger charge is -2.36. The molecule has 1 aliphatic rings. The van der Waals surface area contributed by atoms with E-state index in [2.05, 4.69) is 36.0 Å². The van der Waals surface area contributed by atoms with E-state index in [0.717, 1.165) is 25.3 Å². The van der Waals surface area contributed by atoms with Crippen LogP contribution in [0.3, 0.4) is 0 Å². The second kappa shape index (κ2) is 8.18. The number of likely N-dealkylation sites (tertiary alicyclic amines) is 1. The van der Waals surface area contributed by atoms with Crippen LogP contribution in [-0.4, -0.2) is 46.0 Å². The monoisotopic (exact) mass is 372 g/mol. The van der Waals surface area contributed by atoms with Gasteiger partial charge in [0.2, 0.25) is 0 Å². The van der Waals surface area contributed by atoms with Gasteiger partial charge in [0.25, 0.3) is 5.91 Å². The smallest absolute Gasteiger partial charge is 0.270 e. The Morgan fingerprint density at radius 1 is 1.27 bits per heavy atom. The quantitative estimate of drug-likeness (QED) is 0.788. The van der Waals surface area contributed by atoms with E-state index in [9.17, 15) is 4.79 Å². The Bertz CT molecular complexity index is 788. The van der Waals surface area contributed by atoms with Crippen molar-refractivity contribution in [1.29, 1.82) is 0 Å². The van der Waals surface area contributed by atoms with Crippen LogP contribution in [-0.2, 0) is 0 Å². The van der Waals surface area contributed by atoms with E-state index in [0.29, 0.717) is 22.3 Å². The Balaban J connectivity index is 1.68. The number of nitrogens with one attached hydrogen (secondary N) is 2. The van der Waals surface area contributed by atoms with Gasteiger partial charge in [-0.15, -0.1) is 0 Å². The van der Waals surface area contributed by atoms with Crippen molar-refractivity contribution in [2.45, 2.75) is 33.2 Å². The fourth-order valence-corrected chi connectivity index (χ4v) is 4.30. The molecule has 6 heteroatoms. The van der Waals surface area contributed by atoms with E-state index >= 15 is 0 Å². The van der Waals surface area contributed by atoms with Gasteiger partial charge in [-0.25, -0.2) is 0 Å². The number of carbonyl (C=O) groups is 1. The summed E-state index contributed by atoms with van der Waals surface area (Å²) in [7, 11) is 0. The molecule has 140 valence electrons. The van der Waals surface area contributed by atoms with E-state index in [4.69, 9.17) is 12.2 Å². The number of rotatable bonds is 5. The van der Waals surface area contributed by atoms with Crippen molar-refractivity contribution >= 4 is 18.1 Å². The Labute approximate surface area is 160 Å². The molecule has 5 nitrogen and oxygen atoms in total. The third kappa shape index (κ3) is 4.43. The fourth-order valence-electron chi connectivity index (χ4n) is 4.04. The molecule has 1 saturated heterocycles. The lowest BCUT2D eigenvalue weighted by atomic mass is 9.92. The molecular formula is C20H28N4OS. The normalized spacial score (nSPS) is 22.1. The summed E-state index contributed by atoms with van der Waals surface area (Å²) in [5.41, 5.74) is 1.42. The fraction of sp³-hybridized carbons (Fsp3) is 0.500. The summed E-state index contributed by atoms with van der Waals surface area (Å²) in [6, 6.07) is 9.79. The van der Waals surface area contributed by atoms with E-state index in [1.807, 2.05) is 30.3 Å². The Morgan fingerprint density at radius 3 is 2.58 bits per heavy atom. The molecule has 2 aromatic rings. The van der Waals surface area contributed by atoms with Crippen LogP contribution in [0.5, 0.6) is 0 Å². The first-order valence-electron chi connectivity index (χ1n) is 9.33. The highest BCUT2D eigenvalue weighted by Crippen LogP contribution is 2.21. The molecule has 3 atom stereocenters. The number of carbonyl (C=O) groups excluding carboxylic acids is 1. The second-order valence-electron chi connectivity index (χ2n) is 7.69. The van der Waals surface area contributed by atoms with Crippen molar-refractivity contribution in [3.05, 3.63) is 47.0 Å². The minimum Gasteiger partial charge on any atom is -0.347 e. The van der Waals surface area contributed by atoms with Gasteiger partial charge in [0.05, 0.1) is 0 Å². The first kappa shape index (κ1) is 18.9. The van der Waals surface area contributed by atoms with Gasteiger partial charge in [-0.1, -0.05) is 32.0 Å². The zero-order valence-corrected chi connectivity index (χ0v) is 16.6. The van der Waals surface area contributed by atoms with Crippen LogP contribution in [0.15, 0.2) is 36.5 Å². The minimum absolute atomic E-state index is 0.0766. The van der Waals surface area contributed by atoms with E-state index in [1.165, 1.54) is 6.42 Å². The number of para-hydroxylation sites is 1. The number of amides is 1. The molecule has 2 heterocycles. The molecule has 26 heavy (non-hydrogen) atoms. The van der Waals surface area contributed by atoms with Crippen molar-refractivity contribution < 1.29 is 4.79 Å². The first-order chi connectivity index (χ1) is 12.4. The molecule has 1 fully saturated rings. The zero-order valence-electron chi connectivity index (χ0n) is 15.7. The van der Waals surface area contributed by atoms with Gasteiger partial charge in [-0.3, -0.25) is 9.36 Å². The summed E-state index contributed by atoms with van der Waals surface area (Å²) in [5, 5.41) is 3.13. The molecule has 3 rings (SSSR count). The highest BCUT2D eigenvalue weighted by atomic mass is 32.1. The van der Waals surface area contributed by atoms with Gasteiger partial charge < -0.3 is 15.2 Å². The van der Waals surface area contributed by atoms with Gasteiger partial charge in [-0.2, -0.15) is 0 Å². The molecule has 0 radical (unpaired) electrons. The number of nitrogens with zero attached hydrogens (tertiary/aromatic N) is 2. The van der Waals surface area contributed by atoms with Crippen molar-refractivity contribution in [3.63, 3.8) is 0 Å². The summed E-state index contributed by atoms with van der Waals surface area (Å²) in [6.07, 6.45) is 2.97. The summed E-state index contributed by atoms with van der Waals surface area (Å²) >= 11 is 5.36.